The molecule has 0 saturated heterocycles. The lowest BCUT2D eigenvalue weighted by atomic mass is 9.77. The minimum absolute atomic E-state index is 0.00210. The van der Waals surface area contributed by atoms with Gasteiger partial charge in [-0.05, 0) is 35.0 Å². The maximum atomic E-state index is 12.7. The van der Waals surface area contributed by atoms with Crippen LogP contribution in [-0.2, 0) is 16.9 Å². The lowest BCUT2D eigenvalue weighted by Gasteiger charge is -2.36. The minimum atomic E-state index is -1.27. The number of benzene rings is 3. The van der Waals surface area contributed by atoms with Crippen LogP contribution in [0.25, 0.3) is 0 Å². The van der Waals surface area contributed by atoms with Crippen LogP contribution in [0.5, 0.6) is 17.2 Å². The smallest absolute Gasteiger partial charge is 0.340 e. The normalized spacial score (nSPS) is 18.7. The van der Waals surface area contributed by atoms with Crippen molar-refractivity contribution in [1.29, 1.82) is 0 Å². The second-order valence-electron chi connectivity index (χ2n) is 6.67. The summed E-state index contributed by atoms with van der Waals surface area (Å²) in [6.45, 7) is 0.0858. The number of nitrogens with two attached hydrogens (primary N) is 1. The second-order valence-corrected chi connectivity index (χ2v) is 6.67. The van der Waals surface area contributed by atoms with E-state index >= 15 is 0 Å². The summed E-state index contributed by atoms with van der Waals surface area (Å²) in [7, 11) is 0. The predicted octanol–water partition coefficient (Wildman–Crippen LogP) is 3.82. The highest BCUT2D eigenvalue weighted by Gasteiger charge is 2.53. The number of rotatable bonds is 2. The van der Waals surface area contributed by atoms with E-state index < -0.39 is 11.6 Å². The van der Waals surface area contributed by atoms with Crippen molar-refractivity contribution in [3.8, 4) is 17.2 Å². The van der Waals surface area contributed by atoms with Crippen LogP contribution in [0.2, 0.25) is 0 Å². The fourth-order valence-electron chi connectivity index (χ4n) is 3.99. The Labute approximate surface area is 159 Å². The van der Waals surface area contributed by atoms with Crippen LogP contribution in [0, 0.1) is 4.91 Å². The molecule has 3 aromatic rings. The molecular formula is C21H14N2O5. The molecule has 3 N–H and O–H groups in total. The average Bonchev–Trinajstić information content (AvgIpc) is 3.00. The van der Waals surface area contributed by atoms with Gasteiger partial charge < -0.3 is 20.3 Å². The lowest BCUT2D eigenvalue weighted by molar-refractivity contribution is 0.0224. The molecule has 2 aliphatic rings. The van der Waals surface area contributed by atoms with Gasteiger partial charge in [0.1, 0.15) is 22.9 Å². The third kappa shape index (κ3) is 1.99. The summed E-state index contributed by atoms with van der Waals surface area (Å²) < 4.78 is 11.9. The number of aromatic hydroxyl groups is 1. The van der Waals surface area contributed by atoms with Crippen molar-refractivity contribution in [2.75, 3.05) is 0 Å². The molecule has 138 valence electrons. The molecule has 0 saturated carbocycles. The van der Waals surface area contributed by atoms with E-state index in [-0.39, 0.29) is 18.0 Å². The number of nitrogens with zero attached hydrogens (tertiary/aromatic N) is 1. The molecule has 2 aliphatic heterocycles. The van der Waals surface area contributed by atoms with E-state index in [0.717, 1.165) is 0 Å². The molecule has 0 bridgehead atoms. The largest absolute Gasteiger partial charge is 0.508 e. The van der Waals surface area contributed by atoms with Crippen LogP contribution in [0.3, 0.4) is 0 Å². The summed E-state index contributed by atoms with van der Waals surface area (Å²) in [6, 6.07) is 14.9. The Bertz CT molecular complexity index is 1170. The quantitative estimate of drug-likeness (QED) is 0.521. The van der Waals surface area contributed by atoms with Gasteiger partial charge in [-0.2, -0.15) is 0 Å². The van der Waals surface area contributed by atoms with Crippen molar-refractivity contribution in [3.63, 3.8) is 0 Å². The fourth-order valence-corrected chi connectivity index (χ4v) is 3.99. The van der Waals surface area contributed by atoms with Gasteiger partial charge in [0.05, 0.1) is 5.56 Å². The molecule has 7 nitrogen and oxygen atoms in total. The predicted molar refractivity (Wildman–Crippen MR) is 99.7 cm³/mol. The van der Waals surface area contributed by atoms with E-state index in [2.05, 4.69) is 5.18 Å². The van der Waals surface area contributed by atoms with E-state index in [1.807, 2.05) is 12.1 Å². The maximum absolute atomic E-state index is 12.7. The van der Waals surface area contributed by atoms with Gasteiger partial charge in [0.25, 0.3) is 0 Å². The Kier molecular flexibility index (Phi) is 3.32. The molecule has 2 heterocycles. The Hall–Kier alpha value is -3.71. The first-order valence-electron chi connectivity index (χ1n) is 8.63. The Morgan fingerprint density at radius 3 is 2.57 bits per heavy atom. The number of fused-ring (bicyclic) bond motifs is 6. The number of phenolic OH excluding ortho intramolecular Hbond substituents is 1. The Balaban J connectivity index is 1.91. The molecule has 0 aliphatic carbocycles. The van der Waals surface area contributed by atoms with Gasteiger partial charge in [-0.25, -0.2) is 4.79 Å². The molecular weight excluding hydrogens is 360 g/mol. The third-order valence-electron chi connectivity index (χ3n) is 5.21. The van der Waals surface area contributed by atoms with E-state index in [1.165, 1.54) is 18.2 Å². The second kappa shape index (κ2) is 5.64. The van der Waals surface area contributed by atoms with Gasteiger partial charge >= 0.3 is 5.97 Å². The number of nitroso groups, excluding NO2 is 1. The molecule has 1 spiro atoms. The zero-order valence-electron chi connectivity index (χ0n) is 14.5. The summed E-state index contributed by atoms with van der Waals surface area (Å²) >= 11 is 0. The van der Waals surface area contributed by atoms with Gasteiger partial charge in [0.15, 0.2) is 5.60 Å². The fraction of sp³-hybridized carbons (Fsp3) is 0.0952. The molecule has 28 heavy (non-hydrogen) atoms. The van der Waals surface area contributed by atoms with Crippen molar-refractivity contribution in [3.05, 3.63) is 87.3 Å². The first-order chi connectivity index (χ1) is 13.6. The van der Waals surface area contributed by atoms with Crippen LogP contribution in [-0.4, -0.2) is 11.1 Å². The number of ether oxygens (including phenoxy) is 2. The molecule has 0 amide bonds. The van der Waals surface area contributed by atoms with Crippen LogP contribution in [0.4, 0.5) is 5.69 Å². The molecule has 5 rings (SSSR count). The molecule has 3 aromatic carbocycles. The number of hydrogen-bond acceptors (Lipinski definition) is 7. The van der Waals surface area contributed by atoms with Crippen molar-refractivity contribution in [2.24, 2.45) is 10.9 Å². The summed E-state index contributed by atoms with van der Waals surface area (Å²) in [5, 5.41) is 13.0. The zero-order chi connectivity index (χ0) is 19.5. The van der Waals surface area contributed by atoms with Crippen molar-refractivity contribution < 1.29 is 19.4 Å². The first-order valence-corrected chi connectivity index (χ1v) is 8.63. The van der Waals surface area contributed by atoms with Gasteiger partial charge in [-0.3, -0.25) is 0 Å². The summed E-state index contributed by atoms with van der Waals surface area (Å²) in [6.07, 6.45) is 0. The molecule has 0 radical (unpaired) electrons. The average molecular weight is 374 g/mol. The molecule has 7 heteroatoms. The SMILES string of the molecule is NCc1cc2c(cc1N=O)Oc1cc(O)ccc1C21OC(=O)c2ccccc21. The molecule has 0 aromatic heterocycles. The summed E-state index contributed by atoms with van der Waals surface area (Å²) in [5.41, 5.74) is 7.43. The van der Waals surface area contributed by atoms with Crippen molar-refractivity contribution >= 4 is 11.7 Å². The van der Waals surface area contributed by atoms with E-state index in [4.69, 9.17) is 15.2 Å². The molecule has 0 fully saturated rings. The lowest BCUT2D eigenvalue weighted by Crippen LogP contribution is -2.33. The molecule has 1 unspecified atom stereocenters. The zero-order valence-corrected chi connectivity index (χ0v) is 14.5. The van der Waals surface area contributed by atoms with E-state index in [9.17, 15) is 14.8 Å². The van der Waals surface area contributed by atoms with Gasteiger partial charge in [0, 0.05) is 35.4 Å². The topological polar surface area (TPSA) is 111 Å². The molecule has 1 atom stereocenters. The van der Waals surface area contributed by atoms with Crippen LogP contribution in [0.1, 0.15) is 32.6 Å². The highest BCUT2D eigenvalue weighted by atomic mass is 16.6. The van der Waals surface area contributed by atoms with Gasteiger partial charge in [-0.1, -0.05) is 18.2 Å². The van der Waals surface area contributed by atoms with Crippen LogP contribution >= 0.6 is 0 Å². The highest BCUT2D eigenvalue weighted by Crippen LogP contribution is 2.57. The monoisotopic (exact) mass is 374 g/mol. The summed E-state index contributed by atoms with van der Waals surface area (Å²) in [5.74, 6) is 0.181. The number of phenols is 1. The first kappa shape index (κ1) is 16.5. The summed E-state index contributed by atoms with van der Waals surface area (Å²) in [4.78, 5) is 23.9. The van der Waals surface area contributed by atoms with Crippen LogP contribution < -0.4 is 10.5 Å². The minimum Gasteiger partial charge on any atom is -0.508 e. The number of esters is 1. The van der Waals surface area contributed by atoms with Crippen molar-refractivity contribution in [1.82, 2.24) is 0 Å². The Morgan fingerprint density at radius 1 is 1.00 bits per heavy atom. The van der Waals surface area contributed by atoms with E-state index in [0.29, 0.717) is 39.3 Å². The standard InChI is InChI=1S/C21H14N2O5/c22-10-11-7-16-19(9-17(11)23-26)27-18-8-12(24)5-6-15(18)21(16)14-4-2-1-3-13(14)20(25)28-21/h1-9,24H,10,22H2. The number of hydrogen-bond donors (Lipinski definition) is 2. The van der Waals surface area contributed by atoms with Crippen LogP contribution in [0.15, 0.2) is 59.8 Å². The number of carbonyl (C=O) groups excluding carboxylic acids is 1. The highest BCUT2D eigenvalue weighted by molar-refractivity contribution is 5.97. The third-order valence-corrected chi connectivity index (χ3v) is 5.21. The Morgan fingerprint density at radius 2 is 1.79 bits per heavy atom. The van der Waals surface area contributed by atoms with Gasteiger partial charge in [-0.15, -0.1) is 4.91 Å². The van der Waals surface area contributed by atoms with Gasteiger partial charge in [0.2, 0.25) is 0 Å². The maximum Gasteiger partial charge on any atom is 0.340 e. The number of carbonyl (C=O) groups is 1. The van der Waals surface area contributed by atoms with Crippen molar-refractivity contribution in [2.45, 2.75) is 12.1 Å². The van der Waals surface area contributed by atoms with E-state index in [1.54, 1.807) is 24.3 Å².